The van der Waals surface area contributed by atoms with Crippen molar-refractivity contribution in [3.05, 3.63) is 35.4 Å². The Balaban J connectivity index is 2.87. The van der Waals surface area contributed by atoms with Crippen molar-refractivity contribution >= 4 is 5.97 Å². The highest BCUT2D eigenvalue weighted by Crippen LogP contribution is 2.19. The quantitative estimate of drug-likeness (QED) is 0.852. The first-order valence-corrected chi connectivity index (χ1v) is 5.76. The van der Waals surface area contributed by atoms with Gasteiger partial charge >= 0.3 is 5.97 Å². The molecule has 0 radical (unpaired) electrons. The molecule has 0 aliphatic rings. The van der Waals surface area contributed by atoms with E-state index in [1.54, 1.807) is 20.8 Å². The number of benzene rings is 1. The van der Waals surface area contributed by atoms with Crippen molar-refractivity contribution in [1.82, 2.24) is 5.32 Å². The molecular formula is C13H17F2NO2. The van der Waals surface area contributed by atoms with Crippen molar-refractivity contribution in [3.8, 4) is 0 Å². The second-order valence-corrected chi connectivity index (χ2v) is 4.61. The molecule has 5 heteroatoms. The predicted molar refractivity (Wildman–Crippen MR) is 64.2 cm³/mol. The van der Waals surface area contributed by atoms with Gasteiger partial charge in [-0.1, -0.05) is 19.9 Å². The summed E-state index contributed by atoms with van der Waals surface area (Å²) in [4.78, 5) is 11.0. The summed E-state index contributed by atoms with van der Waals surface area (Å²) < 4.78 is 26.3. The standard InChI is InChI=1S/C13H17F2NO2/c1-7(2)12(13(17)18)16-8(3)10-5-4-9(14)6-11(10)15/h4-8,12,16H,1-3H3,(H,17,18). The number of nitrogens with one attached hydrogen (secondary N) is 1. The first-order chi connectivity index (χ1) is 8.32. The Morgan fingerprint density at radius 1 is 1.28 bits per heavy atom. The minimum absolute atomic E-state index is 0.131. The molecule has 1 rings (SSSR count). The Morgan fingerprint density at radius 2 is 1.89 bits per heavy atom. The van der Waals surface area contributed by atoms with E-state index in [0.29, 0.717) is 0 Å². The molecule has 0 amide bonds. The highest BCUT2D eigenvalue weighted by atomic mass is 19.1. The van der Waals surface area contributed by atoms with Gasteiger partial charge in [-0.05, 0) is 18.9 Å². The first kappa shape index (κ1) is 14.6. The van der Waals surface area contributed by atoms with Crippen molar-refractivity contribution in [3.63, 3.8) is 0 Å². The van der Waals surface area contributed by atoms with Crippen LogP contribution < -0.4 is 5.32 Å². The van der Waals surface area contributed by atoms with Crippen LogP contribution in [0.4, 0.5) is 8.78 Å². The summed E-state index contributed by atoms with van der Waals surface area (Å²) in [7, 11) is 0. The minimum Gasteiger partial charge on any atom is -0.480 e. The molecule has 0 bridgehead atoms. The molecule has 0 aromatic heterocycles. The van der Waals surface area contributed by atoms with Gasteiger partial charge in [0.1, 0.15) is 17.7 Å². The predicted octanol–water partition coefficient (Wildman–Crippen LogP) is 2.72. The van der Waals surface area contributed by atoms with Crippen LogP contribution in [0, 0.1) is 17.6 Å². The number of carboxylic acids is 1. The maximum atomic E-state index is 13.5. The Labute approximate surface area is 105 Å². The van der Waals surface area contributed by atoms with Crippen LogP contribution in [0.3, 0.4) is 0 Å². The Bertz CT molecular complexity index is 435. The van der Waals surface area contributed by atoms with Gasteiger partial charge in [-0.25, -0.2) is 8.78 Å². The number of hydrogen-bond acceptors (Lipinski definition) is 2. The Morgan fingerprint density at radius 3 is 2.33 bits per heavy atom. The maximum absolute atomic E-state index is 13.5. The molecule has 0 saturated carbocycles. The second kappa shape index (κ2) is 5.91. The molecular weight excluding hydrogens is 240 g/mol. The average Bonchev–Trinajstić information content (AvgIpc) is 2.24. The van der Waals surface area contributed by atoms with Gasteiger partial charge in [-0.3, -0.25) is 10.1 Å². The summed E-state index contributed by atoms with van der Waals surface area (Å²) in [5, 5.41) is 11.9. The lowest BCUT2D eigenvalue weighted by Gasteiger charge is -2.23. The van der Waals surface area contributed by atoms with Crippen LogP contribution in [0.25, 0.3) is 0 Å². The lowest BCUT2D eigenvalue weighted by molar-refractivity contribution is -0.140. The molecule has 100 valence electrons. The Kier molecular flexibility index (Phi) is 4.78. The molecule has 0 saturated heterocycles. The average molecular weight is 257 g/mol. The number of carbonyl (C=O) groups is 1. The summed E-state index contributed by atoms with van der Waals surface area (Å²) in [6, 6.07) is 1.99. The van der Waals surface area contributed by atoms with Crippen molar-refractivity contribution in [2.45, 2.75) is 32.9 Å². The number of hydrogen-bond donors (Lipinski definition) is 2. The lowest BCUT2D eigenvalue weighted by Crippen LogP contribution is -2.42. The zero-order valence-electron chi connectivity index (χ0n) is 10.6. The van der Waals surface area contributed by atoms with Gasteiger partial charge in [0.05, 0.1) is 0 Å². The fourth-order valence-corrected chi connectivity index (χ4v) is 1.76. The van der Waals surface area contributed by atoms with Crippen LogP contribution in [0.5, 0.6) is 0 Å². The van der Waals surface area contributed by atoms with E-state index in [2.05, 4.69) is 5.32 Å². The number of carboxylic acid groups (broad SMARTS) is 1. The monoisotopic (exact) mass is 257 g/mol. The van der Waals surface area contributed by atoms with Crippen LogP contribution in [0.15, 0.2) is 18.2 Å². The van der Waals surface area contributed by atoms with Crippen LogP contribution in [-0.2, 0) is 4.79 Å². The molecule has 2 unspecified atom stereocenters. The summed E-state index contributed by atoms with van der Waals surface area (Å²) in [6.07, 6.45) is 0. The first-order valence-electron chi connectivity index (χ1n) is 5.76. The molecule has 0 aliphatic heterocycles. The molecule has 0 aliphatic carbocycles. The van der Waals surface area contributed by atoms with E-state index >= 15 is 0 Å². The van der Waals surface area contributed by atoms with Crippen LogP contribution >= 0.6 is 0 Å². The van der Waals surface area contributed by atoms with Crippen molar-refractivity contribution in [2.24, 2.45) is 5.92 Å². The SMILES string of the molecule is CC(NC(C(=O)O)C(C)C)c1ccc(F)cc1F. The van der Waals surface area contributed by atoms with E-state index in [1.165, 1.54) is 6.07 Å². The third-order valence-corrected chi connectivity index (χ3v) is 2.79. The normalized spacial score (nSPS) is 14.6. The third kappa shape index (κ3) is 3.50. The van der Waals surface area contributed by atoms with Crippen LogP contribution in [0.1, 0.15) is 32.4 Å². The number of rotatable bonds is 5. The van der Waals surface area contributed by atoms with Gasteiger partial charge in [0.2, 0.25) is 0 Å². The minimum atomic E-state index is -0.987. The van der Waals surface area contributed by atoms with Gasteiger partial charge in [0.25, 0.3) is 0 Å². The van der Waals surface area contributed by atoms with Crippen LogP contribution in [0.2, 0.25) is 0 Å². The smallest absolute Gasteiger partial charge is 0.320 e. The molecule has 18 heavy (non-hydrogen) atoms. The van der Waals surface area contributed by atoms with E-state index in [1.807, 2.05) is 0 Å². The summed E-state index contributed by atoms with van der Waals surface area (Å²) >= 11 is 0. The fourth-order valence-electron chi connectivity index (χ4n) is 1.76. The van der Waals surface area contributed by atoms with E-state index in [4.69, 9.17) is 5.11 Å². The van der Waals surface area contributed by atoms with E-state index < -0.39 is 29.7 Å². The zero-order chi connectivity index (χ0) is 13.9. The highest BCUT2D eigenvalue weighted by molar-refractivity contribution is 5.73. The summed E-state index contributed by atoms with van der Waals surface area (Å²) in [6.45, 7) is 5.17. The van der Waals surface area contributed by atoms with E-state index in [-0.39, 0.29) is 11.5 Å². The molecule has 0 spiro atoms. The van der Waals surface area contributed by atoms with Crippen molar-refractivity contribution in [2.75, 3.05) is 0 Å². The van der Waals surface area contributed by atoms with Gasteiger partial charge < -0.3 is 5.11 Å². The van der Waals surface area contributed by atoms with Crippen molar-refractivity contribution in [1.29, 1.82) is 0 Å². The third-order valence-electron chi connectivity index (χ3n) is 2.79. The molecule has 1 aromatic carbocycles. The highest BCUT2D eigenvalue weighted by Gasteiger charge is 2.24. The van der Waals surface area contributed by atoms with E-state index in [0.717, 1.165) is 12.1 Å². The number of aliphatic carboxylic acids is 1. The topological polar surface area (TPSA) is 49.3 Å². The molecule has 3 nitrogen and oxygen atoms in total. The van der Waals surface area contributed by atoms with Gasteiger partial charge in [0, 0.05) is 17.7 Å². The summed E-state index contributed by atoms with van der Waals surface area (Å²) in [5.41, 5.74) is 0.253. The number of halogens is 2. The summed E-state index contributed by atoms with van der Waals surface area (Å²) in [5.74, 6) is -2.45. The zero-order valence-corrected chi connectivity index (χ0v) is 10.6. The van der Waals surface area contributed by atoms with Crippen LogP contribution in [-0.4, -0.2) is 17.1 Å². The van der Waals surface area contributed by atoms with E-state index in [9.17, 15) is 13.6 Å². The largest absolute Gasteiger partial charge is 0.480 e. The Hall–Kier alpha value is -1.49. The van der Waals surface area contributed by atoms with Gasteiger partial charge in [0.15, 0.2) is 0 Å². The molecule has 0 heterocycles. The van der Waals surface area contributed by atoms with Crippen molar-refractivity contribution < 1.29 is 18.7 Å². The molecule has 2 N–H and O–H groups in total. The molecule has 0 fully saturated rings. The fraction of sp³-hybridized carbons (Fsp3) is 0.462. The molecule has 1 aromatic rings. The van der Waals surface area contributed by atoms with Gasteiger partial charge in [-0.2, -0.15) is 0 Å². The second-order valence-electron chi connectivity index (χ2n) is 4.61. The van der Waals surface area contributed by atoms with Gasteiger partial charge in [-0.15, -0.1) is 0 Å². The lowest BCUT2D eigenvalue weighted by atomic mass is 10.0. The molecule has 2 atom stereocenters. The maximum Gasteiger partial charge on any atom is 0.320 e.